The molecule has 5 heteroatoms. The molecule has 0 spiro atoms. The number of anilines is 1. The fourth-order valence-corrected chi connectivity index (χ4v) is 4.17. The highest BCUT2D eigenvalue weighted by Crippen LogP contribution is 2.34. The Morgan fingerprint density at radius 3 is 2.34 bits per heavy atom. The highest BCUT2D eigenvalue weighted by molar-refractivity contribution is 6.10. The minimum Gasteiger partial charge on any atom is -0.422 e. The van der Waals surface area contributed by atoms with Crippen molar-refractivity contribution in [2.45, 2.75) is 13.8 Å². The van der Waals surface area contributed by atoms with Gasteiger partial charge in [-0.3, -0.25) is 4.98 Å². The molecule has 5 nitrogen and oxygen atoms in total. The summed E-state index contributed by atoms with van der Waals surface area (Å²) in [6, 6.07) is 23.5. The van der Waals surface area contributed by atoms with E-state index in [9.17, 15) is 4.79 Å². The van der Waals surface area contributed by atoms with Gasteiger partial charge in [-0.25, -0.2) is 9.78 Å². The predicted molar refractivity (Wildman–Crippen MR) is 130 cm³/mol. The standard InChI is InChI=1S/C27H23N3O2/c1-3-30(4-2)19-13-14-20-21-17-23(22-12-8-9-15-28-22)29-26(18-10-6-5-7-11-18)25(21)27(31)32-24(20)16-19/h5-17H,3-4H2,1-2H3. The second kappa shape index (κ2) is 8.27. The molecule has 0 saturated carbocycles. The van der Waals surface area contributed by atoms with Crippen LogP contribution in [-0.2, 0) is 0 Å². The lowest BCUT2D eigenvalue weighted by molar-refractivity contribution is 0.569. The maximum absolute atomic E-state index is 13.2. The van der Waals surface area contributed by atoms with E-state index in [1.54, 1.807) is 6.20 Å². The molecule has 0 aliphatic rings. The van der Waals surface area contributed by atoms with Crippen LogP contribution in [0.5, 0.6) is 0 Å². The summed E-state index contributed by atoms with van der Waals surface area (Å²) < 4.78 is 5.82. The Balaban J connectivity index is 1.87. The van der Waals surface area contributed by atoms with E-state index in [2.05, 4.69) is 29.8 Å². The van der Waals surface area contributed by atoms with Crippen molar-refractivity contribution in [3.63, 3.8) is 0 Å². The summed E-state index contributed by atoms with van der Waals surface area (Å²) in [6.45, 7) is 5.99. The van der Waals surface area contributed by atoms with Gasteiger partial charge >= 0.3 is 5.63 Å². The maximum Gasteiger partial charge on any atom is 0.346 e. The second-order valence-corrected chi connectivity index (χ2v) is 7.60. The van der Waals surface area contributed by atoms with E-state index in [1.807, 2.05) is 66.7 Å². The molecule has 3 heterocycles. The first kappa shape index (κ1) is 19.9. The number of fused-ring (bicyclic) bond motifs is 3. The Bertz CT molecular complexity index is 1460. The molecule has 158 valence electrons. The van der Waals surface area contributed by atoms with E-state index in [0.717, 1.165) is 46.5 Å². The molecule has 0 unspecified atom stereocenters. The predicted octanol–water partition coefficient (Wildman–Crippen LogP) is 5.92. The Morgan fingerprint density at radius 2 is 1.62 bits per heavy atom. The lowest BCUT2D eigenvalue weighted by atomic mass is 10.0. The maximum atomic E-state index is 13.2. The van der Waals surface area contributed by atoms with Crippen molar-refractivity contribution in [3.8, 4) is 22.6 Å². The molecule has 0 atom stereocenters. The van der Waals surface area contributed by atoms with Crippen LogP contribution in [0.15, 0.2) is 88.2 Å². The number of rotatable bonds is 5. The van der Waals surface area contributed by atoms with Crippen LogP contribution < -0.4 is 10.5 Å². The average molecular weight is 422 g/mol. The zero-order valence-electron chi connectivity index (χ0n) is 18.1. The van der Waals surface area contributed by atoms with Gasteiger partial charge in [0.1, 0.15) is 5.58 Å². The lowest BCUT2D eigenvalue weighted by Crippen LogP contribution is -2.21. The highest BCUT2D eigenvalue weighted by Gasteiger charge is 2.18. The monoisotopic (exact) mass is 421 g/mol. The molecule has 0 N–H and O–H groups in total. The number of hydrogen-bond donors (Lipinski definition) is 0. The first-order valence-electron chi connectivity index (χ1n) is 10.8. The zero-order chi connectivity index (χ0) is 22.1. The summed E-state index contributed by atoms with van der Waals surface area (Å²) >= 11 is 0. The Hall–Kier alpha value is -3.99. The van der Waals surface area contributed by atoms with Crippen LogP contribution in [0.2, 0.25) is 0 Å². The molecule has 0 saturated heterocycles. The normalized spacial score (nSPS) is 11.2. The van der Waals surface area contributed by atoms with Gasteiger partial charge in [0.2, 0.25) is 0 Å². The largest absolute Gasteiger partial charge is 0.422 e. The van der Waals surface area contributed by atoms with Crippen molar-refractivity contribution in [2.24, 2.45) is 0 Å². The molecule has 32 heavy (non-hydrogen) atoms. The topological polar surface area (TPSA) is 59.2 Å². The van der Waals surface area contributed by atoms with E-state index < -0.39 is 0 Å². The van der Waals surface area contributed by atoms with Gasteiger partial charge in [0.25, 0.3) is 0 Å². The van der Waals surface area contributed by atoms with Crippen LogP contribution in [0.25, 0.3) is 44.4 Å². The van der Waals surface area contributed by atoms with Gasteiger partial charge in [-0.2, -0.15) is 0 Å². The molecule has 5 aromatic rings. The summed E-state index contributed by atoms with van der Waals surface area (Å²) in [5, 5.41) is 2.18. The van der Waals surface area contributed by atoms with E-state index in [4.69, 9.17) is 9.40 Å². The van der Waals surface area contributed by atoms with E-state index in [1.165, 1.54) is 0 Å². The van der Waals surface area contributed by atoms with E-state index in [-0.39, 0.29) is 5.63 Å². The fraction of sp³-hybridized carbons (Fsp3) is 0.148. The van der Waals surface area contributed by atoms with Crippen molar-refractivity contribution in [1.29, 1.82) is 0 Å². The Labute approximate surface area is 186 Å². The van der Waals surface area contributed by atoms with Gasteiger partial charge in [-0.15, -0.1) is 0 Å². The number of benzene rings is 2. The fourth-order valence-electron chi connectivity index (χ4n) is 4.17. The third kappa shape index (κ3) is 3.42. The third-order valence-corrected chi connectivity index (χ3v) is 5.78. The summed E-state index contributed by atoms with van der Waals surface area (Å²) in [6.07, 6.45) is 1.75. The Kier molecular flexibility index (Phi) is 5.15. The van der Waals surface area contributed by atoms with Gasteiger partial charge < -0.3 is 9.32 Å². The molecule has 0 aliphatic carbocycles. The van der Waals surface area contributed by atoms with Crippen LogP contribution in [0, 0.1) is 0 Å². The number of hydrogen-bond acceptors (Lipinski definition) is 5. The summed E-state index contributed by atoms with van der Waals surface area (Å²) in [5.41, 5.74) is 4.16. The molecule has 0 radical (unpaired) electrons. The van der Waals surface area contributed by atoms with E-state index >= 15 is 0 Å². The molecule has 0 amide bonds. The minimum absolute atomic E-state index is 0.386. The van der Waals surface area contributed by atoms with Gasteiger partial charge in [-0.05, 0) is 44.2 Å². The molecule has 3 aromatic heterocycles. The smallest absolute Gasteiger partial charge is 0.346 e. The van der Waals surface area contributed by atoms with Crippen molar-refractivity contribution >= 4 is 27.4 Å². The van der Waals surface area contributed by atoms with Gasteiger partial charge in [0.05, 0.1) is 22.5 Å². The van der Waals surface area contributed by atoms with Crippen LogP contribution in [0.1, 0.15) is 13.8 Å². The zero-order valence-corrected chi connectivity index (χ0v) is 18.1. The Morgan fingerprint density at radius 1 is 0.844 bits per heavy atom. The molecular formula is C27H23N3O2. The summed E-state index contributed by atoms with van der Waals surface area (Å²) in [7, 11) is 0. The molecule has 0 aliphatic heterocycles. The number of aromatic nitrogens is 2. The first-order chi connectivity index (χ1) is 15.7. The van der Waals surface area contributed by atoms with E-state index in [0.29, 0.717) is 16.7 Å². The first-order valence-corrected chi connectivity index (χ1v) is 10.8. The van der Waals surface area contributed by atoms with Crippen molar-refractivity contribution < 1.29 is 4.42 Å². The highest BCUT2D eigenvalue weighted by atomic mass is 16.4. The molecule has 5 rings (SSSR count). The number of nitrogens with zero attached hydrogens (tertiary/aromatic N) is 3. The van der Waals surface area contributed by atoms with Crippen LogP contribution in [0.4, 0.5) is 5.69 Å². The minimum atomic E-state index is -0.386. The van der Waals surface area contributed by atoms with Gasteiger partial charge in [0, 0.05) is 47.4 Å². The summed E-state index contributed by atoms with van der Waals surface area (Å²) in [5.74, 6) is 0. The molecule has 2 aromatic carbocycles. The van der Waals surface area contributed by atoms with Crippen LogP contribution in [-0.4, -0.2) is 23.1 Å². The SMILES string of the molecule is CCN(CC)c1ccc2c(c1)oc(=O)c1c(-c3ccccc3)nc(-c3ccccn3)cc12. The number of pyridine rings is 2. The second-order valence-electron chi connectivity index (χ2n) is 7.60. The van der Waals surface area contributed by atoms with Gasteiger partial charge in [-0.1, -0.05) is 36.4 Å². The third-order valence-electron chi connectivity index (χ3n) is 5.78. The molecule has 0 fully saturated rings. The molecule has 0 bridgehead atoms. The molecular weight excluding hydrogens is 398 g/mol. The lowest BCUT2D eigenvalue weighted by Gasteiger charge is -2.21. The van der Waals surface area contributed by atoms with Crippen LogP contribution >= 0.6 is 0 Å². The van der Waals surface area contributed by atoms with Gasteiger partial charge in [0.15, 0.2) is 0 Å². The van der Waals surface area contributed by atoms with Crippen molar-refractivity contribution in [2.75, 3.05) is 18.0 Å². The summed E-state index contributed by atoms with van der Waals surface area (Å²) in [4.78, 5) is 24.8. The average Bonchev–Trinajstić information content (AvgIpc) is 2.85. The van der Waals surface area contributed by atoms with Crippen LogP contribution in [0.3, 0.4) is 0 Å². The van der Waals surface area contributed by atoms with Crippen molar-refractivity contribution in [1.82, 2.24) is 9.97 Å². The van der Waals surface area contributed by atoms with Crippen molar-refractivity contribution in [3.05, 3.63) is 89.4 Å². The quantitative estimate of drug-likeness (QED) is 0.261.